The molecule has 0 unspecified atom stereocenters. The van der Waals surface area contributed by atoms with E-state index < -0.39 is 11.4 Å². The van der Waals surface area contributed by atoms with Gasteiger partial charge in [-0.25, -0.2) is 0 Å². The lowest BCUT2D eigenvalue weighted by atomic mass is 9.55. The summed E-state index contributed by atoms with van der Waals surface area (Å²) in [5, 5.41) is 9.86. The summed E-state index contributed by atoms with van der Waals surface area (Å²) < 4.78 is 0. The fraction of sp³-hybridized carbons (Fsp3) is 0.562. The second kappa shape index (κ2) is 4.11. The molecule has 0 bridgehead atoms. The van der Waals surface area contributed by atoms with Crippen molar-refractivity contribution in [1.82, 2.24) is 0 Å². The van der Waals surface area contributed by atoms with Gasteiger partial charge in [0.15, 0.2) is 0 Å². The summed E-state index contributed by atoms with van der Waals surface area (Å²) in [7, 11) is 0. The maximum Gasteiger partial charge on any atom is 0.314 e. The Labute approximate surface area is 108 Å². The highest BCUT2D eigenvalue weighted by Crippen LogP contribution is 2.53. The first-order chi connectivity index (χ1) is 8.66. The zero-order valence-corrected chi connectivity index (χ0v) is 10.9. The van der Waals surface area contributed by atoms with Gasteiger partial charge in [-0.15, -0.1) is 0 Å². The number of benzene rings is 1. The maximum absolute atomic E-state index is 12.0. The van der Waals surface area contributed by atoms with E-state index in [2.05, 4.69) is 19.1 Å². The Balaban J connectivity index is 2.21. The monoisotopic (exact) mass is 244 g/mol. The highest BCUT2D eigenvalue weighted by molar-refractivity contribution is 5.83. The summed E-state index contributed by atoms with van der Waals surface area (Å²) in [6.45, 7) is 2.24. The van der Waals surface area contributed by atoms with Crippen molar-refractivity contribution in [3.05, 3.63) is 35.4 Å². The van der Waals surface area contributed by atoms with Crippen molar-refractivity contribution in [2.75, 3.05) is 0 Å². The van der Waals surface area contributed by atoms with Crippen LogP contribution in [0.4, 0.5) is 0 Å². The van der Waals surface area contributed by atoms with Crippen LogP contribution in [0.1, 0.15) is 56.1 Å². The fourth-order valence-electron chi connectivity index (χ4n) is 4.20. The SMILES string of the molecule is C[C@@H]1C[C@@H]2CCCC[C@]2(C(=O)O)c2ccccc21. The second-order valence-corrected chi connectivity index (χ2v) is 5.94. The van der Waals surface area contributed by atoms with E-state index in [0.29, 0.717) is 11.8 Å². The van der Waals surface area contributed by atoms with Gasteiger partial charge in [0.2, 0.25) is 0 Å². The first kappa shape index (κ1) is 11.8. The van der Waals surface area contributed by atoms with Gasteiger partial charge >= 0.3 is 5.97 Å². The Morgan fingerprint density at radius 3 is 2.89 bits per heavy atom. The number of fused-ring (bicyclic) bond motifs is 3. The molecule has 3 rings (SSSR count). The Kier molecular flexibility index (Phi) is 2.69. The molecule has 3 atom stereocenters. The normalized spacial score (nSPS) is 34.5. The summed E-state index contributed by atoms with van der Waals surface area (Å²) in [5.74, 6) is 0.219. The molecule has 1 saturated carbocycles. The molecular formula is C16H20O2. The molecule has 96 valence electrons. The Hall–Kier alpha value is -1.31. The minimum atomic E-state index is -0.605. The van der Waals surface area contributed by atoms with Gasteiger partial charge in [-0.2, -0.15) is 0 Å². The number of carboxylic acids is 1. The molecule has 2 nitrogen and oxygen atoms in total. The standard InChI is InChI=1S/C16H20O2/c1-11-10-12-6-4-5-9-16(12,15(17)18)14-8-3-2-7-13(11)14/h2-3,7-8,11-12H,4-6,9-10H2,1H3,(H,17,18)/t11-,12+,16-/m1/s1. The topological polar surface area (TPSA) is 37.3 Å². The number of carbonyl (C=O) groups is 1. The van der Waals surface area contributed by atoms with Crippen LogP contribution in [-0.2, 0) is 10.2 Å². The molecule has 0 saturated heterocycles. The van der Waals surface area contributed by atoms with Gasteiger partial charge in [0.05, 0.1) is 5.41 Å². The third-order valence-electron chi connectivity index (χ3n) is 5.06. The maximum atomic E-state index is 12.0. The van der Waals surface area contributed by atoms with Gasteiger partial charge in [0, 0.05) is 0 Å². The third kappa shape index (κ3) is 1.44. The van der Waals surface area contributed by atoms with Gasteiger partial charge in [-0.1, -0.05) is 44.0 Å². The van der Waals surface area contributed by atoms with E-state index in [1.54, 1.807) is 0 Å². The predicted molar refractivity (Wildman–Crippen MR) is 70.7 cm³/mol. The molecule has 0 spiro atoms. The van der Waals surface area contributed by atoms with E-state index in [4.69, 9.17) is 0 Å². The van der Waals surface area contributed by atoms with Gasteiger partial charge in [0.1, 0.15) is 0 Å². The van der Waals surface area contributed by atoms with Crippen molar-refractivity contribution in [3.63, 3.8) is 0 Å². The van der Waals surface area contributed by atoms with Crippen molar-refractivity contribution in [2.24, 2.45) is 5.92 Å². The lowest BCUT2D eigenvalue weighted by molar-refractivity contribution is -0.148. The van der Waals surface area contributed by atoms with Crippen LogP contribution in [0.5, 0.6) is 0 Å². The highest BCUT2D eigenvalue weighted by atomic mass is 16.4. The van der Waals surface area contributed by atoms with Crippen molar-refractivity contribution in [3.8, 4) is 0 Å². The quantitative estimate of drug-likeness (QED) is 0.817. The summed E-state index contributed by atoms with van der Waals surface area (Å²) >= 11 is 0. The molecule has 2 aliphatic rings. The summed E-state index contributed by atoms with van der Waals surface area (Å²) in [5.41, 5.74) is 1.76. The van der Waals surface area contributed by atoms with Gasteiger partial charge < -0.3 is 5.11 Å². The van der Waals surface area contributed by atoms with Crippen LogP contribution in [0.2, 0.25) is 0 Å². The fourth-order valence-corrected chi connectivity index (χ4v) is 4.20. The third-order valence-corrected chi connectivity index (χ3v) is 5.06. The van der Waals surface area contributed by atoms with Crippen LogP contribution in [0.25, 0.3) is 0 Å². The zero-order valence-electron chi connectivity index (χ0n) is 10.9. The smallest absolute Gasteiger partial charge is 0.314 e. The van der Waals surface area contributed by atoms with E-state index in [9.17, 15) is 9.90 Å². The number of hydrogen-bond donors (Lipinski definition) is 1. The lowest BCUT2D eigenvalue weighted by Gasteiger charge is -2.47. The van der Waals surface area contributed by atoms with Crippen LogP contribution in [0.3, 0.4) is 0 Å². The molecule has 0 amide bonds. The van der Waals surface area contributed by atoms with Crippen molar-refractivity contribution in [2.45, 2.75) is 50.4 Å². The average molecular weight is 244 g/mol. The Morgan fingerprint density at radius 1 is 1.33 bits per heavy atom. The molecule has 0 heterocycles. The molecule has 1 N–H and O–H groups in total. The molecular weight excluding hydrogens is 224 g/mol. The second-order valence-electron chi connectivity index (χ2n) is 5.94. The Bertz CT molecular complexity index is 480. The van der Waals surface area contributed by atoms with E-state index in [1.165, 1.54) is 12.0 Å². The summed E-state index contributed by atoms with van der Waals surface area (Å²) in [6.07, 6.45) is 5.16. The molecule has 2 heteroatoms. The van der Waals surface area contributed by atoms with Crippen LogP contribution in [0, 0.1) is 5.92 Å². The molecule has 0 radical (unpaired) electrons. The minimum Gasteiger partial charge on any atom is -0.481 e. The van der Waals surface area contributed by atoms with E-state index in [1.807, 2.05) is 12.1 Å². The number of hydrogen-bond acceptors (Lipinski definition) is 1. The number of carboxylic acid groups (broad SMARTS) is 1. The van der Waals surface area contributed by atoms with Gasteiger partial charge in [0.25, 0.3) is 0 Å². The molecule has 2 aliphatic carbocycles. The first-order valence-corrected chi connectivity index (χ1v) is 6.99. The summed E-state index contributed by atoms with van der Waals surface area (Å²) in [6, 6.07) is 8.20. The summed E-state index contributed by atoms with van der Waals surface area (Å²) in [4.78, 5) is 12.0. The van der Waals surface area contributed by atoms with Gasteiger partial charge in [-0.3, -0.25) is 4.79 Å². The molecule has 1 fully saturated rings. The van der Waals surface area contributed by atoms with E-state index in [0.717, 1.165) is 31.2 Å². The highest BCUT2D eigenvalue weighted by Gasteiger charge is 2.52. The zero-order chi connectivity index (χ0) is 12.8. The number of rotatable bonds is 1. The van der Waals surface area contributed by atoms with Crippen LogP contribution in [-0.4, -0.2) is 11.1 Å². The molecule has 0 aliphatic heterocycles. The van der Waals surface area contributed by atoms with Crippen molar-refractivity contribution < 1.29 is 9.90 Å². The minimum absolute atomic E-state index is 0.327. The molecule has 1 aromatic carbocycles. The van der Waals surface area contributed by atoms with E-state index in [-0.39, 0.29) is 0 Å². The van der Waals surface area contributed by atoms with Crippen molar-refractivity contribution >= 4 is 5.97 Å². The molecule has 0 aromatic heterocycles. The first-order valence-electron chi connectivity index (χ1n) is 6.99. The van der Waals surface area contributed by atoms with Crippen LogP contribution < -0.4 is 0 Å². The van der Waals surface area contributed by atoms with Crippen molar-refractivity contribution in [1.29, 1.82) is 0 Å². The average Bonchev–Trinajstić information content (AvgIpc) is 2.39. The lowest BCUT2D eigenvalue weighted by Crippen LogP contribution is -2.48. The van der Waals surface area contributed by atoms with E-state index >= 15 is 0 Å². The largest absolute Gasteiger partial charge is 0.481 e. The predicted octanol–water partition coefficient (Wildman–Crippen LogP) is 3.71. The number of aliphatic carboxylic acids is 1. The molecule has 1 aromatic rings. The van der Waals surface area contributed by atoms with Crippen LogP contribution in [0.15, 0.2) is 24.3 Å². The van der Waals surface area contributed by atoms with Crippen LogP contribution >= 0.6 is 0 Å². The molecule has 18 heavy (non-hydrogen) atoms. The van der Waals surface area contributed by atoms with Gasteiger partial charge in [-0.05, 0) is 42.2 Å². The Morgan fingerprint density at radius 2 is 2.11 bits per heavy atom.